The van der Waals surface area contributed by atoms with Gasteiger partial charge in [-0.2, -0.15) is 0 Å². The Balaban J connectivity index is 2.25. The minimum absolute atomic E-state index is 0.362. The molecule has 0 aliphatic heterocycles. The average Bonchev–Trinajstić information content (AvgIpc) is 2.17. The number of hydrogen-bond donors (Lipinski definition) is 1. The van der Waals surface area contributed by atoms with E-state index in [1.807, 2.05) is 13.8 Å². The Morgan fingerprint density at radius 1 is 1.44 bits per heavy atom. The van der Waals surface area contributed by atoms with Crippen molar-refractivity contribution in [1.29, 1.82) is 0 Å². The van der Waals surface area contributed by atoms with Gasteiger partial charge in [-0.05, 0) is 63.2 Å². The van der Waals surface area contributed by atoms with Crippen LogP contribution in [0.3, 0.4) is 0 Å². The summed E-state index contributed by atoms with van der Waals surface area (Å²) < 4.78 is 0. The van der Waals surface area contributed by atoms with E-state index in [0.29, 0.717) is 11.3 Å². The summed E-state index contributed by atoms with van der Waals surface area (Å²) in [5.74, 6) is 1.21. The van der Waals surface area contributed by atoms with Crippen molar-refractivity contribution in [2.45, 2.75) is 65.4 Å². The first-order valence-electron chi connectivity index (χ1n) is 6.76. The van der Waals surface area contributed by atoms with Crippen molar-refractivity contribution in [2.24, 2.45) is 17.3 Å². The lowest BCUT2D eigenvalue weighted by molar-refractivity contribution is -0.0154. The van der Waals surface area contributed by atoms with Crippen LogP contribution in [0.4, 0.5) is 0 Å². The van der Waals surface area contributed by atoms with E-state index in [2.05, 4.69) is 19.9 Å². The molecule has 1 fully saturated rings. The van der Waals surface area contributed by atoms with Crippen LogP contribution in [-0.4, -0.2) is 10.7 Å². The average molecular weight is 222 g/mol. The van der Waals surface area contributed by atoms with Crippen molar-refractivity contribution in [3.8, 4) is 0 Å². The molecule has 0 radical (unpaired) electrons. The maximum atomic E-state index is 10.2. The van der Waals surface area contributed by atoms with Gasteiger partial charge in [-0.15, -0.1) is 0 Å². The first-order chi connectivity index (χ1) is 7.34. The molecule has 2 aliphatic carbocycles. The molecule has 0 aromatic rings. The van der Waals surface area contributed by atoms with Crippen LogP contribution in [0, 0.1) is 17.3 Å². The lowest BCUT2D eigenvalue weighted by atomic mass is 9.57. The van der Waals surface area contributed by atoms with Gasteiger partial charge in [-0.1, -0.05) is 25.5 Å². The van der Waals surface area contributed by atoms with Gasteiger partial charge in [0.2, 0.25) is 0 Å². The van der Waals surface area contributed by atoms with Crippen LogP contribution in [-0.2, 0) is 0 Å². The Hall–Kier alpha value is -0.300. The summed E-state index contributed by atoms with van der Waals surface area (Å²) in [5.41, 5.74) is 1.51. The summed E-state index contributed by atoms with van der Waals surface area (Å²) >= 11 is 0. The molecule has 0 aromatic carbocycles. The van der Waals surface area contributed by atoms with E-state index < -0.39 is 5.60 Å². The fourth-order valence-corrected chi connectivity index (χ4v) is 3.60. The van der Waals surface area contributed by atoms with Gasteiger partial charge in [-0.3, -0.25) is 0 Å². The normalized spacial score (nSPS) is 40.2. The molecule has 0 amide bonds. The fourth-order valence-electron chi connectivity index (χ4n) is 3.60. The molecule has 1 heteroatoms. The molecule has 0 saturated heterocycles. The van der Waals surface area contributed by atoms with Crippen LogP contribution >= 0.6 is 0 Å². The topological polar surface area (TPSA) is 20.2 Å². The molecule has 1 N–H and O–H groups in total. The molecule has 2 aliphatic rings. The van der Waals surface area contributed by atoms with Crippen LogP contribution < -0.4 is 0 Å². The third kappa shape index (κ3) is 1.95. The lowest BCUT2D eigenvalue weighted by Gasteiger charge is -2.49. The number of aliphatic hydroxyl groups is 1. The highest BCUT2D eigenvalue weighted by Crippen LogP contribution is 2.53. The highest BCUT2D eigenvalue weighted by molar-refractivity contribution is 5.21. The van der Waals surface area contributed by atoms with Gasteiger partial charge in [0.05, 0.1) is 5.60 Å². The minimum Gasteiger partial charge on any atom is -0.390 e. The SMILES string of the molecule is CC1CCCC2=CC[C@@H](C(C)(C)O)CC21C. The van der Waals surface area contributed by atoms with Crippen molar-refractivity contribution >= 4 is 0 Å². The third-order valence-electron chi connectivity index (χ3n) is 5.22. The maximum absolute atomic E-state index is 10.2. The van der Waals surface area contributed by atoms with Gasteiger partial charge in [-0.25, -0.2) is 0 Å². The highest BCUT2D eigenvalue weighted by atomic mass is 16.3. The van der Waals surface area contributed by atoms with Gasteiger partial charge in [0.15, 0.2) is 0 Å². The molecule has 2 rings (SSSR count). The Morgan fingerprint density at radius 3 is 2.75 bits per heavy atom. The van der Waals surface area contributed by atoms with E-state index in [4.69, 9.17) is 0 Å². The molecule has 16 heavy (non-hydrogen) atoms. The molecule has 0 heterocycles. The molecule has 0 aromatic heterocycles. The molecule has 92 valence electrons. The van der Waals surface area contributed by atoms with Crippen molar-refractivity contribution in [1.82, 2.24) is 0 Å². The molecule has 1 saturated carbocycles. The molecular weight excluding hydrogens is 196 g/mol. The van der Waals surface area contributed by atoms with Crippen molar-refractivity contribution < 1.29 is 5.11 Å². The van der Waals surface area contributed by atoms with E-state index in [-0.39, 0.29) is 0 Å². The predicted octanol–water partition coefficient (Wildman–Crippen LogP) is 3.92. The van der Waals surface area contributed by atoms with E-state index in [1.165, 1.54) is 25.7 Å². The zero-order chi connectivity index (χ0) is 12.0. The summed E-state index contributed by atoms with van der Waals surface area (Å²) in [6.45, 7) is 8.74. The standard InChI is InChI=1S/C15H26O/c1-11-6-5-7-12-8-9-13(14(2,3)16)10-15(11,12)4/h8,11,13,16H,5-7,9-10H2,1-4H3/t11?,13-,15?/m1/s1. The Labute approximate surface area is 99.9 Å². The smallest absolute Gasteiger partial charge is 0.0623 e. The summed E-state index contributed by atoms with van der Waals surface area (Å²) in [4.78, 5) is 0. The first-order valence-corrected chi connectivity index (χ1v) is 6.76. The van der Waals surface area contributed by atoms with Crippen LogP contribution in [0.2, 0.25) is 0 Å². The summed E-state index contributed by atoms with van der Waals surface area (Å²) in [7, 11) is 0. The second-order valence-corrected chi connectivity index (χ2v) is 6.73. The maximum Gasteiger partial charge on any atom is 0.0623 e. The van der Waals surface area contributed by atoms with Crippen molar-refractivity contribution in [3.63, 3.8) is 0 Å². The van der Waals surface area contributed by atoms with Crippen molar-refractivity contribution in [3.05, 3.63) is 11.6 Å². The Bertz CT molecular complexity index is 297. The largest absolute Gasteiger partial charge is 0.390 e. The highest BCUT2D eigenvalue weighted by Gasteiger charge is 2.44. The molecule has 2 unspecified atom stereocenters. The summed E-state index contributed by atoms with van der Waals surface area (Å²) in [5, 5.41) is 10.2. The van der Waals surface area contributed by atoms with E-state index in [1.54, 1.807) is 5.57 Å². The first kappa shape index (κ1) is 12.2. The number of fused-ring (bicyclic) bond motifs is 1. The molecule has 0 spiro atoms. The minimum atomic E-state index is -0.526. The number of hydrogen-bond acceptors (Lipinski definition) is 1. The van der Waals surface area contributed by atoms with E-state index in [0.717, 1.165) is 12.3 Å². The fraction of sp³-hybridized carbons (Fsp3) is 0.867. The quantitative estimate of drug-likeness (QED) is 0.667. The van der Waals surface area contributed by atoms with E-state index >= 15 is 0 Å². The van der Waals surface area contributed by atoms with Crippen LogP contribution in [0.25, 0.3) is 0 Å². The lowest BCUT2D eigenvalue weighted by Crippen LogP contribution is -2.42. The van der Waals surface area contributed by atoms with Gasteiger partial charge < -0.3 is 5.11 Å². The van der Waals surface area contributed by atoms with E-state index in [9.17, 15) is 5.11 Å². The Kier molecular flexibility index (Phi) is 2.94. The molecule has 3 atom stereocenters. The zero-order valence-corrected chi connectivity index (χ0v) is 11.2. The van der Waals surface area contributed by atoms with Crippen LogP contribution in [0.1, 0.15) is 59.8 Å². The van der Waals surface area contributed by atoms with Gasteiger partial charge in [0.1, 0.15) is 0 Å². The zero-order valence-electron chi connectivity index (χ0n) is 11.2. The van der Waals surface area contributed by atoms with Gasteiger partial charge in [0, 0.05) is 0 Å². The molecular formula is C15H26O. The summed E-state index contributed by atoms with van der Waals surface area (Å²) in [6, 6.07) is 0. The predicted molar refractivity (Wildman–Crippen MR) is 68.2 cm³/mol. The number of allylic oxidation sites excluding steroid dienone is 2. The second kappa shape index (κ2) is 3.87. The van der Waals surface area contributed by atoms with Crippen LogP contribution in [0.15, 0.2) is 11.6 Å². The van der Waals surface area contributed by atoms with Crippen molar-refractivity contribution in [2.75, 3.05) is 0 Å². The number of rotatable bonds is 1. The third-order valence-corrected chi connectivity index (χ3v) is 5.22. The molecule has 1 nitrogen and oxygen atoms in total. The van der Waals surface area contributed by atoms with Crippen LogP contribution in [0.5, 0.6) is 0 Å². The monoisotopic (exact) mass is 222 g/mol. The summed E-state index contributed by atoms with van der Waals surface area (Å²) in [6.07, 6.45) is 8.67. The Morgan fingerprint density at radius 2 is 2.12 bits per heavy atom. The second-order valence-electron chi connectivity index (χ2n) is 6.73. The van der Waals surface area contributed by atoms with Gasteiger partial charge in [0.25, 0.3) is 0 Å². The van der Waals surface area contributed by atoms with Gasteiger partial charge >= 0.3 is 0 Å². The molecule has 0 bridgehead atoms.